The zero-order valence-corrected chi connectivity index (χ0v) is 15.6. The zero-order chi connectivity index (χ0) is 20.7. The maximum absolute atomic E-state index is 12.3. The second-order valence-corrected chi connectivity index (χ2v) is 6.31. The summed E-state index contributed by atoms with van der Waals surface area (Å²) in [6.45, 7) is -1.84. The van der Waals surface area contributed by atoms with Gasteiger partial charge in [0.2, 0.25) is 0 Å². The lowest BCUT2D eigenvalue weighted by Gasteiger charge is -2.20. The molecular formula is C18H14Cl2F3NO4. The van der Waals surface area contributed by atoms with Crippen LogP contribution in [0.1, 0.15) is 5.56 Å². The van der Waals surface area contributed by atoms with E-state index in [2.05, 4.69) is 10.1 Å². The Kier molecular flexibility index (Phi) is 7.53. The Bertz CT molecular complexity index is 811. The Morgan fingerprint density at radius 2 is 1.61 bits per heavy atom. The lowest BCUT2D eigenvalue weighted by molar-refractivity contribution is -0.193. The van der Waals surface area contributed by atoms with Gasteiger partial charge in [-0.2, -0.15) is 13.2 Å². The predicted molar refractivity (Wildman–Crippen MR) is 97.1 cm³/mol. The van der Waals surface area contributed by atoms with Crippen molar-refractivity contribution < 1.29 is 32.2 Å². The Hall–Kier alpha value is -2.45. The van der Waals surface area contributed by atoms with Crippen molar-refractivity contribution in [1.82, 2.24) is 0 Å². The maximum atomic E-state index is 12.3. The quantitative estimate of drug-likeness (QED) is 0.507. The summed E-state index contributed by atoms with van der Waals surface area (Å²) in [5.74, 6) is -2.31. The smallest absolute Gasteiger partial charge is 0.422 e. The molecule has 1 atom stereocenters. The van der Waals surface area contributed by atoms with Crippen LogP contribution in [0.5, 0.6) is 0 Å². The van der Waals surface area contributed by atoms with Crippen molar-refractivity contribution in [2.75, 3.05) is 11.9 Å². The van der Waals surface area contributed by atoms with Crippen LogP contribution in [0.4, 0.5) is 18.9 Å². The van der Waals surface area contributed by atoms with Crippen LogP contribution in [-0.4, -0.2) is 30.9 Å². The molecule has 5 nitrogen and oxygen atoms in total. The standard InChI is InChI=1S/C18H14Cl2F3NO4/c19-12-7-4-8-13(20)15(12)24-16(17(26)27-10-18(21,22)23)28-14(25)9-11-5-2-1-3-6-11/h1-8,16,24H,9-10H2. The number of esters is 2. The number of hydrogen-bond donors (Lipinski definition) is 1. The number of benzene rings is 2. The Balaban J connectivity index is 2.15. The van der Waals surface area contributed by atoms with Crippen LogP contribution in [0.15, 0.2) is 48.5 Å². The highest BCUT2D eigenvalue weighted by atomic mass is 35.5. The van der Waals surface area contributed by atoms with Crippen molar-refractivity contribution in [2.24, 2.45) is 0 Å². The molecule has 2 aromatic rings. The summed E-state index contributed by atoms with van der Waals surface area (Å²) in [6.07, 6.45) is -6.83. The fraction of sp³-hybridized carbons (Fsp3) is 0.222. The van der Waals surface area contributed by atoms with Gasteiger partial charge in [0.1, 0.15) is 0 Å². The number of anilines is 1. The van der Waals surface area contributed by atoms with Gasteiger partial charge in [-0.25, -0.2) is 4.79 Å². The summed E-state index contributed by atoms with van der Waals surface area (Å²) < 4.78 is 46.2. The van der Waals surface area contributed by atoms with Gasteiger partial charge in [-0.3, -0.25) is 4.79 Å². The Morgan fingerprint density at radius 1 is 1.00 bits per heavy atom. The minimum atomic E-state index is -4.74. The highest BCUT2D eigenvalue weighted by molar-refractivity contribution is 6.39. The summed E-state index contributed by atoms with van der Waals surface area (Å²) in [5.41, 5.74) is 0.595. The molecule has 2 rings (SSSR count). The van der Waals surface area contributed by atoms with Crippen LogP contribution in [-0.2, 0) is 25.5 Å². The normalized spacial score (nSPS) is 12.2. The number of hydrogen-bond acceptors (Lipinski definition) is 5. The van der Waals surface area contributed by atoms with E-state index >= 15 is 0 Å². The molecule has 0 aromatic heterocycles. The predicted octanol–water partition coefficient (Wildman–Crippen LogP) is 4.62. The minimum absolute atomic E-state index is 0.00676. The van der Waals surface area contributed by atoms with Crippen molar-refractivity contribution in [1.29, 1.82) is 0 Å². The highest BCUT2D eigenvalue weighted by Crippen LogP contribution is 2.30. The van der Waals surface area contributed by atoms with Gasteiger partial charge in [-0.05, 0) is 17.7 Å². The van der Waals surface area contributed by atoms with Crippen molar-refractivity contribution in [3.8, 4) is 0 Å². The van der Waals surface area contributed by atoms with Crippen LogP contribution in [0.25, 0.3) is 0 Å². The van der Waals surface area contributed by atoms with Gasteiger partial charge >= 0.3 is 18.1 Å². The molecule has 150 valence electrons. The molecule has 10 heteroatoms. The van der Waals surface area contributed by atoms with Crippen LogP contribution in [0.3, 0.4) is 0 Å². The number of halogens is 5. The molecule has 0 heterocycles. The van der Waals surface area contributed by atoms with E-state index in [0.29, 0.717) is 5.56 Å². The van der Waals surface area contributed by atoms with Crippen molar-refractivity contribution in [3.05, 3.63) is 64.1 Å². The molecule has 0 aliphatic heterocycles. The summed E-state index contributed by atoms with van der Waals surface area (Å²) in [7, 11) is 0. The van der Waals surface area contributed by atoms with Gasteiger partial charge in [0, 0.05) is 0 Å². The second kappa shape index (κ2) is 9.66. The fourth-order valence-corrected chi connectivity index (χ4v) is 2.57. The summed E-state index contributed by atoms with van der Waals surface area (Å²) in [6, 6.07) is 12.8. The topological polar surface area (TPSA) is 64.6 Å². The third-order valence-electron chi connectivity index (χ3n) is 3.27. The van der Waals surface area contributed by atoms with Gasteiger partial charge in [-0.1, -0.05) is 59.6 Å². The number of rotatable bonds is 7. The SMILES string of the molecule is O=C(Cc1ccccc1)OC(Nc1c(Cl)cccc1Cl)C(=O)OCC(F)(F)F. The first-order valence-corrected chi connectivity index (χ1v) is 8.58. The molecule has 0 saturated heterocycles. The monoisotopic (exact) mass is 435 g/mol. The molecule has 0 bridgehead atoms. The number of alkyl halides is 3. The third kappa shape index (κ3) is 6.94. The number of carbonyl (C=O) groups is 2. The van der Waals surface area contributed by atoms with Crippen molar-refractivity contribution >= 4 is 40.8 Å². The van der Waals surface area contributed by atoms with E-state index in [1.807, 2.05) is 0 Å². The summed E-state index contributed by atoms with van der Waals surface area (Å²) in [4.78, 5) is 24.2. The minimum Gasteiger partial charge on any atom is -0.452 e. The number of carbonyl (C=O) groups excluding carboxylic acids is 2. The summed E-state index contributed by atoms with van der Waals surface area (Å²) in [5, 5.41) is 2.56. The van der Waals surface area contributed by atoms with Gasteiger partial charge < -0.3 is 14.8 Å². The van der Waals surface area contributed by atoms with E-state index in [-0.39, 0.29) is 22.2 Å². The number of para-hydroxylation sites is 1. The first-order valence-electron chi connectivity index (χ1n) is 7.83. The first kappa shape index (κ1) is 21.8. The lowest BCUT2D eigenvalue weighted by Crippen LogP contribution is -2.38. The number of nitrogens with one attached hydrogen (secondary N) is 1. The number of ether oxygens (including phenoxy) is 2. The van der Waals surface area contributed by atoms with E-state index in [1.54, 1.807) is 30.3 Å². The van der Waals surface area contributed by atoms with E-state index < -0.39 is 30.9 Å². The lowest BCUT2D eigenvalue weighted by atomic mass is 10.2. The van der Waals surface area contributed by atoms with E-state index in [9.17, 15) is 22.8 Å². The fourth-order valence-electron chi connectivity index (χ4n) is 2.07. The van der Waals surface area contributed by atoms with E-state index in [4.69, 9.17) is 27.9 Å². The van der Waals surface area contributed by atoms with Crippen LogP contribution < -0.4 is 5.32 Å². The molecule has 0 spiro atoms. The Labute approximate surface area is 168 Å². The average molecular weight is 436 g/mol. The maximum Gasteiger partial charge on any atom is 0.422 e. The average Bonchev–Trinajstić information content (AvgIpc) is 2.62. The Morgan fingerprint density at radius 3 is 2.18 bits per heavy atom. The second-order valence-electron chi connectivity index (χ2n) is 5.50. The molecule has 0 fully saturated rings. The van der Waals surface area contributed by atoms with Gasteiger partial charge in [-0.15, -0.1) is 0 Å². The van der Waals surface area contributed by atoms with Crippen LogP contribution >= 0.6 is 23.2 Å². The van der Waals surface area contributed by atoms with Gasteiger partial charge in [0.25, 0.3) is 6.23 Å². The molecule has 1 unspecified atom stereocenters. The van der Waals surface area contributed by atoms with Gasteiger partial charge in [0.05, 0.1) is 22.2 Å². The largest absolute Gasteiger partial charge is 0.452 e. The molecule has 28 heavy (non-hydrogen) atoms. The molecule has 0 amide bonds. The molecule has 0 aliphatic rings. The van der Waals surface area contributed by atoms with Crippen LogP contribution in [0.2, 0.25) is 10.0 Å². The van der Waals surface area contributed by atoms with Crippen molar-refractivity contribution in [3.63, 3.8) is 0 Å². The summed E-state index contributed by atoms with van der Waals surface area (Å²) >= 11 is 11.9. The molecule has 2 aromatic carbocycles. The molecule has 1 N–H and O–H groups in total. The molecule has 0 saturated carbocycles. The van der Waals surface area contributed by atoms with Gasteiger partial charge in [0.15, 0.2) is 6.61 Å². The first-order chi connectivity index (χ1) is 13.2. The third-order valence-corrected chi connectivity index (χ3v) is 3.90. The highest BCUT2D eigenvalue weighted by Gasteiger charge is 2.33. The molecule has 0 radical (unpaired) electrons. The van der Waals surface area contributed by atoms with Crippen molar-refractivity contribution in [2.45, 2.75) is 18.8 Å². The van der Waals surface area contributed by atoms with Crippen LogP contribution in [0, 0.1) is 0 Å². The molecular weight excluding hydrogens is 422 g/mol. The van der Waals surface area contributed by atoms with E-state index in [0.717, 1.165) is 0 Å². The zero-order valence-electron chi connectivity index (χ0n) is 14.1. The molecule has 0 aliphatic carbocycles. The van der Waals surface area contributed by atoms with E-state index in [1.165, 1.54) is 18.2 Å².